The van der Waals surface area contributed by atoms with Gasteiger partial charge in [0.25, 0.3) is 0 Å². The number of hydrogen-bond donors (Lipinski definition) is 1. The average Bonchev–Trinajstić information content (AvgIpc) is 2.60. The predicted octanol–water partition coefficient (Wildman–Crippen LogP) is 4.84. The molecular formula is C22H26N2O. The number of benzene rings is 2. The Hall–Kier alpha value is -2.26. The SMILES string of the molecule is CC(Cc1ccc(C(C)(C)C)cc1)C(O)c1cnc2ccccc2n1. The molecule has 0 aliphatic carbocycles. The highest BCUT2D eigenvalue weighted by Gasteiger charge is 2.20. The molecule has 1 aromatic heterocycles. The first-order valence-corrected chi connectivity index (χ1v) is 8.84. The second-order valence-corrected chi connectivity index (χ2v) is 7.86. The van der Waals surface area contributed by atoms with E-state index in [0.29, 0.717) is 5.69 Å². The monoisotopic (exact) mass is 334 g/mol. The lowest BCUT2D eigenvalue weighted by Crippen LogP contribution is -2.14. The summed E-state index contributed by atoms with van der Waals surface area (Å²) < 4.78 is 0. The molecule has 2 atom stereocenters. The molecule has 0 fully saturated rings. The summed E-state index contributed by atoms with van der Waals surface area (Å²) in [6, 6.07) is 16.4. The van der Waals surface area contributed by atoms with Crippen molar-refractivity contribution in [3.8, 4) is 0 Å². The van der Waals surface area contributed by atoms with E-state index in [1.165, 1.54) is 11.1 Å². The Bertz CT molecular complexity index is 850. The third-order valence-corrected chi connectivity index (χ3v) is 4.69. The number of para-hydroxylation sites is 2. The van der Waals surface area contributed by atoms with Crippen molar-refractivity contribution in [1.82, 2.24) is 9.97 Å². The molecule has 3 heteroatoms. The fourth-order valence-corrected chi connectivity index (χ4v) is 3.03. The van der Waals surface area contributed by atoms with Gasteiger partial charge in [-0.05, 0) is 41.0 Å². The van der Waals surface area contributed by atoms with Gasteiger partial charge < -0.3 is 5.11 Å². The van der Waals surface area contributed by atoms with Gasteiger partial charge in [0.05, 0.1) is 22.9 Å². The Morgan fingerprint density at radius 2 is 1.60 bits per heavy atom. The van der Waals surface area contributed by atoms with Crippen LogP contribution in [0, 0.1) is 5.92 Å². The largest absolute Gasteiger partial charge is 0.386 e. The number of aromatic nitrogens is 2. The summed E-state index contributed by atoms with van der Waals surface area (Å²) >= 11 is 0. The number of fused-ring (bicyclic) bond motifs is 1. The lowest BCUT2D eigenvalue weighted by Gasteiger charge is -2.21. The standard InChI is InChI=1S/C22H26N2O/c1-15(13-16-9-11-17(12-10-16)22(2,3)4)21(25)20-14-23-18-7-5-6-8-19(18)24-20/h5-12,14-15,21,25H,13H2,1-4H3. The van der Waals surface area contributed by atoms with Crippen LogP contribution in [-0.2, 0) is 11.8 Å². The molecule has 130 valence electrons. The van der Waals surface area contributed by atoms with Crippen LogP contribution in [0.3, 0.4) is 0 Å². The van der Waals surface area contributed by atoms with Crippen LogP contribution in [-0.4, -0.2) is 15.1 Å². The normalized spacial score (nSPS) is 14.4. The molecule has 0 aliphatic heterocycles. The first kappa shape index (κ1) is 17.6. The van der Waals surface area contributed by atoms with Crippen LogP contribution in [0.4, 0.5) is 0 Å². The van der Waals surface area contributed by atoms with Crippen molar-refractivity contribution in [2.75, 3.05) is 0 Å². The van der Waals surface area contributed by atoms with Crippen molar-refractivity contribution in [1.29, 1.82) is 0 Å². The maximum absolute atomic E-state index is 10.7. The van der Waals surface area contributed by atoms with Crippen LogP contribution < -0.4 is 0 Å². The van der Waals surface area contributed by atoms with Crippen LogP contribution in [0.1, 0.15) is 50.6 Å². The molecule has 3 aromatic rings. The summed E-state index contributed by atoms with van der Waals surface area (Å²) in [4.78, 5) is 8.98. The lowest BCUT2D eigenvalue weighted by molar-refractivity contribution is 0.113. The highest BCUT2D eigenvalue weighted by Crippen LogP contribution is 2.26. The van der Waals surface area contributed by atoms with Gasteiger partial charge in [-0.15, -0.1) is 0 Å². The second-order valence-electron chi connectivity index (χ2n) is 7.86. The van der Waals surface area contributed by atoms with Gasteiger partial charge in [-0.1, -0.05) is 64.1 Å². The van der Waals surface area contributed by atoms with Gasteiger partial charge in [0, 0.05) is 0 Å². The molecule has 0 bridgehead atoms. The van der Waals surface area contributed by atoms with Crippen LogP contribution in [0.5, 0.6) is 0 Å². The molecule has 1 heterocycles. The van der Waals surface area contributed by atoms with Gasteiger partial charge in [-0.2, -0.15) is 0 Å². The summed E-state index contributed by atoms with van der Waals surface area (Å²) in [5, 5.41) is 10.7. The lowest BCUT2D eigenvalue weighted by atomic mass is 9.85. The fraction of sp³-hybridized carbons (Fsp3) is 0.364. The maximum atomic E-state index is 10.7. The molecule has 2 aromatic carbocycles. The molecule has 25 heavy (non-hydrogen) atoms. The zero-order chi connectivity index (χ0) is 18.0. The zero-order valence-corrected chi connectivity index (χ0v) is 15.4. The van der Waals surface area contributed by atoms with Crippen LogP contribution in [0.25, 0.3) is 11.0 Å². The quantitative estimate of drug-likeness (QED) is 0.742. The van der Waals surface area contributed by atoms with E-state index in [4.69, 9.17) is 0 Å². The van der Waals surface area contributed by atoms with Gasteiger partial charge in [-0.25, -0.2) is 4.98 Å². The molecule has 0 radical (unpaired) electrons. The molecule has 3 nitrogen and oxygen atoms in total. The van der Waals surface area contributed by atoms with Crippen molar-refractivity contribution < 1.29 is 5.11 Å². The van der Waals surface area contributed by atoms with E-state index in [2.05, 4.69) is 61.9 Å². The average molecular weight is 334 g/mol. The van der Waals surface area contributed by atoms with Gasteiger partial charge in [0.15, 0.2) is 0 Å². The van der Waals surface area contributed by atoms with E-state index in [0.717, 1.165) is 17.5 Å². The van der Waals surface area contributed by atoms with Gasteiger partial charge >= 0.3 is 0 Å². The second kappa shape index (κ2) is 6.93. The Kier molecular flexibility index (Phi) is 4.87. The first-order chi connectivity index (χ1) is 11.8. The Balaban J connectivity index is 1.74. The maximum Gasteiger partial charge on any atom is 0.100 e. The molecule has 3 rings (SSSR count). The molecule has 2 unspecified atom stereocenters. The first-order valence-electron chi connectivity index (χ1n) is 8.84. The van der Waals surface area contributed by atoms with Crippen molar-refractivity contribution in [3.05, 3.63) is 71.5 Å². The topological polar surface area (TPSA) is 46.0 Å². The number of hydrogen-bond acceptors (Lipinski definition) is 3. The van der Waals surface area contributed by atoms with E-state index in [1.54, 1.807) is 6.20 Å². The molecule has 0 aliphatic rings. The van der Waals surface area contributed by atoms with Gasteiger partial charge in [-0.3, -0.25) is 4.98 Å². The number of nitrogens with zero attached hydrogens (tertiary/aromatic N) is 2. The minimum absolute atomic E-state index is 0.0657. The summed E-state index contributed by atoms with van der Waals surface area (Å²) in [7, 11) is 0. The minimum Gasteiger partial charge on any atom is -0.386 e. The molecular weight excluding hydrogens is 308 g/mol. The molecule has 0 saturated carbocycles. The summed E-state index contributed by atoms with van der Waals surface area (Å²) in [6.07, 6.45) is 1.87. The fourth-order valence-electron chi connectivity index (χ4n) is 3.03. The summed E-state index contributed by atoms with van der Waals surface area (Å²) in [6.45, 7) is 8.70. The van der Waals surface area contributed by atoms with Gasteiger partial charge in [0.2, 0.25) is 0 Å². The van der Waals surface area contributed by atoms with Gasteiger partial charge in [0.1, 0.15) is 6.10 Å². The smallest absolute Gasteiger partial charge is 0.100 e. The Morgan fingerprint density at radius 3 is 2.24 bits per heavy atom. The molecule has 0 spiro atoms. The molecule has 0 saturated heterocycles. The summed E-state index contributed by atoms with van der Waals surface area (Å²) in [5.74, 6) is 0.0657. The Morgan fingerprint density at radius 1 is 0.960 bits per heavy atom. The highest BCUT2D eigenvalue weighted by molar-refractivity contribution is 5.73. The van der Waals surface area contributed by atoms with E-state index in [-0.39, 0.29) is 11.3 Å². The van der Waals surface area contributed by atoms with Crippen molar-refractivity contribution in [3.63, 3.8) is 0 Å². The third-order valence-electron chi connectivity index (χ3n) is 4.69. The number of rotatable bonds is 4. The third kappa shape index (κ3) is 4.05. The number of aliphatic hydroxyl groups is 1. The van der Waals surface area contributed by atoms with Crippen LogP contribution in [0.15, 0.2) is 54.7 Å². The van der Waals surface area contributed by atoms with Crippen LogP contribution in [0.2, 0.25) is 0 Å². The molecule has 0 amide bonds. The highest BCUT2D eigenvalue weighted by atomic mass is 16.3. The van der Waals surface area contributed by atoms with Crippen LogP contribution >= 0.6 is 0 Å². The van der Waals surface area contributed by atoms with E-state index in [9.17, 15) is 5.11 Å². The zero-order valence-electron chi connectivity index (χ0n) is 15.4. The van der Waals surface area contributed by atoms with E-state index in [1.807, 2.05) is 24.3 Å². The molecule has 1 N–H and O–H groups in total. The van der Waals surface area contributed by atoms with E-state index >= 15 is 0 Å². The van der Waals surface area contributed by atoms with Crippen molar-refractivity contribution in [2.45, 2.75) is 45.6 Å². The number of aliphatic hydroxyl groups excluding tert-OH is 1. The minimum atomic E-state index is -0.626. The Labute approximate surface area is 149 Å². The summed E-state index contributed by atoms with van der Waals surface area (Å²) in [5.41, 5.74) is 5.02. The van der Waals surface area contributed by atoms with Crippen molar-refractivity contribution in [2.24, 2.45) is 5.92 Å². The van der Waals surface area contributed by atoms with Crippen molar-refractivity contribution >= 4 is 11.0 Å². The predicted molar refractivity (Wildman–Crippen MR) is 103 cm³/mol. The van der Waals surface area contributed by atoms with E-state index < -0.39 is 6.10 Å².